The van der Waals surface area contributed by atoms with Crippen LogP contribution in [0.3, 0.4) is 0 Å². The minimum Gasteiger partial charge on any atom is -0.352 e. The molecule has 0 saturated carbocycles. The van der Waals surface area contributed by atoms with Crippen LogP contribution < -0.4 is 5.32 Å². The van der Waals surface area contributed by atoms with Gasteiger partial charge in [-0.25, -0.2) is 0 Å². The first-order valence-electron chi connectivity index (χ1n) is 7.37. The minimum absolute atomic E-state index is 0.165. The predicted molar refractivity (Wildman–Crippen MR) is 91.2 cm³/mol. The van der Waals surface area contributed by atoms with Gasteiger partial charge in [-0.15, -0.1) is 0 Å². The second-order valence-electron chi connectivity index (χ2n) is 5.73. The highest BCUT2D eigenvalue weighted by molar-refractivity contribution is 9.10. The zero-order valence-corrected chi connectivity index (χ0v) is 15.6. The molecular weight excluding hydrogens is 384 g/mol. The summed E-state index contributed by atoms with van der Waals surface area (Å²) in [5.74, 6) is 0.120. The Kier molecular flexibility index (Phi) is 6.12. The van der Waals surface area contributed by atoms with E-state index >= 15 is 0 Å². The van der Waals surface area contributed by atoms with Gasteiger partial charge in [-0.1, -0.05) is 0 Å². The number of carbonyl (C=O) groups excluding carboxylic acids is 1. The van der Waals surface area contributed by atoms with E-state index in [1.165, 1.54) is 28.9 Å². The lowest BCUT2D eigenvalue weighted by Gasteiger charge is -2.32. The summed E-state index contributed by atoms with van der Waals surface area (Å²) in [4.78, 5) is 16.0. The van der Waals surface area contributed by atoms with Gasteiger partial charge < -0.3 is 5.32 Å². The SMILES string of the molecule is CN(C)S(=O)(=O)N1CCC(CNC(=O)c2cncc(Br)c2)CC1. The highest BCUT2D eigenvalue weighted by atomic mass is 79.9. The van der Waals surface area contributed by atoms with Crippen molar-refractivity contribution in [2.24, 2.45) is 5.92 Å². The molecule has 0 aliphatic carbocycles. The molecule has 0 radical (unpaired) electrons. The quantitative estimate of drug-likeness (QED) is 0.795. The number of piperidine rings is 1. The molecule has 0 atom stereocenters. The van der Waals surface area contributed by atoms with Crippen molar-refractivity contribution in [2.45, 2.75) is 12.8 Å². The lowest BCUT2D eigenvalue weighted by atomic mass is 9.98. The number of aromatic nitrogens is 1. The molecule has 1 saturated heterocycles. The van der Waals surface area contributed by atoms with E-state index in [0.29, 0.717) is 25.2 Å². The summed E-state index contributed by atoms with van der Waals surface area (Å²) in [7, 11) is -0.266. The van der Waals surface area contributed by atoms with Crippen LogP contribution >= 0.6 is 15.9 Å². The van der Waals surface area contributed by atoms with Gasteiger partial charge in [0.15, 0.2) is 0 Å². The van der Waals surface area contributed by atoms with E-state index < -0.39 is 10.2 Å². The zero-order chi connectivity index (χ0) is 17.0. The second kappa shape index (κ2) is 7.69. The minimum atomic E-state index is -3.34. The van der Waals surface area contributed by atoms with Crippen LogP contribution in [-0.4, -0.2) is 61.6 Å². The first-order valence-corrected chi connectivity index (χ1v) is 9.56. The highest BCUT2D eigenvalue weighted by Crippen LogP contribution is 2.20. The van der Waals surface area contributed by atoms with Gasteiger partial charge in [-0.05, 0) is 40.8 Å². The number of amides is 1. The molecule has 1 aliphatic rings. The Morgan fingerprint density at radius 3 is 2.61 bits per heavy atom. The van der Waals surface area contributed by atoms with Crippen molar-refractivity contribution in [3.8, 4) is 0 Å². The van der Waals surface area contributed by atoms with Gasteiger partial charge in [0.05, 0.1) is 5.56 Å². The Morgan fingerprint density at radius 1 is 1.39 bits per heavy atom. The molecule has 9 heteroatoms. The van der Waals surface area contributed by atoms with Gasteiger partial charge in [0.2, 0.25) is 0 Å². The molecule has 0 unspecified atom stereocenters. The molecule has 0 bridgehead atoms. The summed E-state index contributed by atoms with van der Waals surface area (Å²) in [5.41, 5.74) is 0.506. The molecule has 1 aliphatic heterocycles. The van der Waals surface area contributed by atoms with E-state index in [2.05, 4.69) is 26.2 Å². The first-order chi connectivity index (χ1) is 10.8. The Hall–Kier alpha value is -1.03. The Labute approximate surface area is 145 Å². The van der Waals surface area contributed by atoms with Crippen molar-refractivity contribution < 1.29 is 13.2 Å². The molecule has 23 heavy (non-hydrogen) atoms. The van der Waals surface area contributed by atoms with E-state index in [9.17, 15) is 13.2 Å². The van der Waals surface area contributed by atoms with E-state index in [1.807, 2.05) is 0 Å². The van der Waals surface area contributed by atoms with E-state index in [-0.39, 0.29) is 11.8 Å². The van der Waals surface area contributed by atoms with Crippen molar-refractivity contribution in [3.63, 3.8) is 0 Å². The fourth-order valence-electron chi connectivity index (χ4n) is 2.45. The van der Waals surface area contributed by atoms with Crippen LogP contribution in [0.4, 0.5) is 0 Å². The molecule has 1 aromatic rings. The summed E-state index contributed by atoms with van der Waals surface area (Å²) in [6.45, 7) is 1.51. The van der Waals surface area contributed by atoms with Crippen LogP contribution in [-0.2, 0) is 10.2 Å². The van der Waals surface area contributed by atoms with Crippen LogP contribution in [0.1, 0.15) is 23.2 Å². The molecule has 1 amide bonds. The zero-order valence-electron chi connectivity index (χ0n) is 13.2. The lowest BCUT2D eigenvalue weighted by Crippen LogP contribution is -2.45. The largest absolute Gasteiger partial charge is 0.352 e. The summed E-state index contributed by atoms with van der Waals surface area (Å²) >= 11 is 3.29. The molecule has 2 rings (SSSR count). The maximum atomic E-state index is 12.1. The number of hydrogen-bond acceptors (Lipinski definition) is 4. The van der Waals surface area contributed by atoms with Gasteiger partial charge in [-0.2, -0.15) is 17.0 Å². The molecular formula is C14H21BrN4O3S. The van der Waals surface area contributed by atoms with Crippen molar-refractivity contribution >= 4 is 32.0 Å². The summed E-state index contributed by atoms with van der Waals surface area (Å²) < 4.78 is 27.6. The Morgan fingerprint density at radius 2 is 2.04 bits per heavy atom. The second-order valence-corrected chi connectivity index (χ2v) is 8.79. The van der Waals surface area contributed by atoms with Crippen LogP contribution in [0.15, 0.2) is 22.9 Å². The molecule has 128 valence electrons. The maximum Gasteiger partial charge on any atom is 0.281 e. The monoisotopic (exact) mass is 404 g/mol. The molecule has 2 heterocycles. The number of rotatable bonds is 5. The van der Waals surface area contributed by atoms with E-state index in [0.717, 1.165) is 17.3 Å². The van der Waals surface area contributed by atoms with Crippen LogP contribution in [0.5, 0.6) is 0 Å². The summed E-state index contributed by atoms with van der Waals surface area (Å²) in [5, 5.41) is 2.89. The molecule has 7 nitrogen and oxygen atoms in total. The van der Waals surface area contributed by atoms with Gasteiger partial charge in [0.25, 0.3) is 16.1 Å². The normalized spacial score (nSPS) is 17.4. The topological polar surface area (TPSA) is 82.6 Å². The lowest BCUT2D eigenvalue weighted by molar-refractivity contribution is 0.0941. The number of nitrogens with zero attached hydrogens (tertiary/aromatic N) is 3. The Bertz CT molecular complexity index is 658. The number of carbonyl (C=O) groups is 1. The third-order valence-electron chi connectivity index (χ3n) is 3.88. The van der Waals surface area contributed by atoms with Crippen LogP contribution in [0, 0.1) is 5.92 Å². The van der Waals surface area contributed by atoms with Gasteiger partial charge in [0, 0.05) is 50.6 Å². The van der Waals surface area contributed by atoms with Gasteiger partial charge in [0.1, 0.15) is 0 Å². The molecule has 1 N–H and O–H groups in total. The third-order valence-corrected chi connectivity index (χ3v) is 6.25. The standard InChI is InChI=1S/C14H21BrN4O3S/c1-18(2)23(21,22)19-5-3-11(4-6-19)8-17-14(20)12-7-13(15)10-16-9-12/h7,9-11H,3-6,8H2,1-2H3,(H,17,20). The molecule has 0 spiro atoms. The molecule has 1 aromatic heterocycles. The molecule has 1 fully saturated rings. The van der Waals surface area contributed by atoms with Crippen molar-refractivity contribution in [3.05, 3.63) is 28.5 Å². The smallest absolute Gasteiger partial charge is 0.281 e. The number of halogens is 1. The summed E-state index contributed by atoms with van der Waals surface area (Å²) in [6, 6.07) is 1.72. The predicted octanol–water partition coefficient (Wildman–Crippen LogP) is 1.09. The Balaban J connectivity index is 1.82. The van der Waals surface area contributed by atoms with E-state index in [1.54, 1.807) is 12.3 Å². The first kappa shape index (κ1) is 18.3. The number of hydrogen-bond donors (Lipinski definition) is 1. The molecule has 0 aromatic carbocycles. The highest BCUT2D eigenvalue weighted by Gasteiger charge is 2.29. The van der Waals surface area contributed by atoms with Crippen molar-refractivity contribution in [1.82, 2.24) is 18.9 Å². The van der Waals surface area contributed by atoms with Gasteiger partial charge >= 0.3 is 0 Å². The van der Waals surface area contributed by atoms with Gasteiger partial charge in [-0.3, -0.25) is 9.78 Å². The maximum absolute atomic E-state index is 12.1. The fourth-order valence-corrected chi connectivity index (χ4v) is 3.95. The third kappa shape index (κ3) is 4.72. The van der Waals surface area contributed by atoms with Crippen molar-refractivity contribution in [1.29, 1.82) is 0 Å². The van der Waals surface area contributed by atoms with Crippen LogP contribution in [0.25, 0.3) is 0 Å². The van der Waals surface area contributed by atoms with Crippen LogP contribution in [0.2, 0.25) is 0 Å². The fraction of sp³-hybridized carbons (Fsp3) is 0.571. The van der Waals surface area contributed by atoms with E-state index in [4.69, 9.17) is 0 Å². The average molecular weight is 405 g/mol. The average Bonchev–Trinajstić information content (AvgIpc) is 2.52. The summed E-state index contributed by atoms with van der Waals surface area (Å²) in [6.07, 6.45) is 4.62. The number of nitrogens with one attached hydrogen (secondary N) is 1. The van der Waals surface area contributed by atoms with Crippen molar-refractivity contribution in [2.75, 3.05) is 33.7 Å². The number of pyridine rings is 1.